The monoisotopic (exact) mass is 269 g/mol. The molecule has 3 heteroatoms. The summed E-state index contributed by atoms with van der Waals surface area (Å²) in [6.07, 6.45) is 2.04. The molecule has 2 N–H and O–H groups in total. The standard InChI is InChI=1S/C12H16BrNO/c1-7-6-10-11(8(2)12(7)13)9(14)4-3-5-15-10/h6,9H,3-5,14H2,1-2H3/t9-/m1/s1. The Bertz CT molecular complexity index is 390. The van der Waals surface area contributed by atoms with Crippen LogP contribution in [-0.4, -0.2) is 6.61 Å². The fourth-order valence-electron chi connectivity index (χ4n) is 2.15. The first-order valence-corrected chi connectivity index (χ1v) is 6.08. The third-order valence-corrected chi connectivity index (χ3v) is 4.20. The number of ether oxygens (including phenoxy) is 1. The van der Waals surface area contributed by atoms with Crippen molar-refractivity contribution in [3.8, 4) is 5.75 Å². The minimum atomic E-state index is 0.111. The van der Waals surface area contributed by atoms with Crippen LogP contribution in [0.15, 0.2) is 10.5 Å². The Morgan fingerprint density at radius 2 is 2.20 bits per heavy atom. The Morgan fingerprint density at radius 3 is 2.93 bits per heavy atom. The number of hydrogen-bond donors (Lipinski definition) is 1. The first-order chi connectivity index (χ1) is 7.11. The van der Waals surface area contributed by atoms with Gasteiger partial charge in [0.15, 0.2) is 0 Å². The van der Waals surface area contributed by atoms with Crippen molar-refractivity contribution in [2.24, 2.45) is 5.73 Å². The zero-order valence-electron chi connectivity index (χ0n) is 9.14. The second-order valence-electron chi connectivity index (χ2n) is 4.14. The van der Waals surface area contributed by atoms with E-state index >= 15 is 0 Å². The van der Waals surface area contributed by atoms with Crippen LogP contribution < -0.4 is 10.5 Å². The lowest BCUT2D eigenvalue weighted by molar-refractivity contribution is 0.316. The molecule has 1 atom stereocenters. The minimum absolute atomic E-state index is 0.111. The van der Waals surface area contributed by atoms with Crippen LogP contribution in [0.2, 0.25) is 0 Å². The van der Waals surface area contributed by atoms with Crippen molar-refractivity contribution in [2.45, 2.75) is 32.7 Å². The summed E-state index contributed by atoms with van der Waals surface area (Å²) in [4.78, 5) is 0. The molecule has 0 aliphatic carbocycles. The number of hydrogen-bond acceptors (Lipinski definition) is 2. The van der Waals surface area contributed by atoms with Gasteiger partial charge in [0.1, 0.15) is 5.75 Å². The summed E-state index contributed by atoms with van der Waals surface area (Å²) in [5.41, 5.74) is 9.77. The summed E-state index contributed by atoms with van der Waals surface area (Å²) in [5, 5.41) is 0. The molecule has 0 bridgehead atoms. The Balaban J connectivity index is 2.61. The van der Waals surface area contributed by atoms with Crippen molar-refractivity contribution < 1.29 is 4.74 Å². The number of aryl methyl sites for hydroxylation is 1. The van der Waals surface area contributed by atoms with Gasteiger partial charge in [0.05, 0.1) is 6.61 Å². The summed E-state index contributed by atoms with van der Waals surface area (Å²) in [5.74, 6) is 0.971. The summed E-state index contributed by atoms with van der Waals surface area (Å²) in [7, 11) is 0. The number of benzene rings is 1. The van der Waals surface area contributed by atoms with Gasteiger partial charge in [-0.2, -0.15) is 0 Å². The summed E-state index contributed by atoms with van der Waals surface area (Å²) in [6, 6.07) is 2.19. The van der Waals surface area contributed by atoms with Gasteiger partial charge in [-0.25, -0.2) is 0 Å². The van der Waals surface area contributed by atoms with E-state index in [9.17, 15) is 0 Å². The fraction of sp³-hybridized carbons (Fsp3) is 0.500. The largest absolute Gasteiger partial charge is 0.493 e. The molecule has 1 aliphatic rings. The molecule has 2 nitrogen and oxygen atoms in total. The molecule has 0 radical (unpaired) electrons. The van der Waals surface area contributed by atoms with Crippen LogP contribution in [0.5, 0.6) is 5.75 Å². The van der Waals surface area contributed by atoms with Crippen LogP contribution in [0, 0.1) is 13.8 Å². The number of rotatable bonds is 0. The van der Waals surface area contributed by atoms with Crippen LogP contribution in [-0.2, 0) is 0 Å². The van der Waals surface area contributed by atoms with E-state index in [4.69, 9.17) is 10.5 Å². The molecule has 2 rings (SSSR count). The van der Waals surface area contributed by atoms with Crippen LogP contribution in [0.25, 0.3) is 0 Å². The minimum Gasteiger partial charge on any atom is -0.493 e. The quantitative estimate of drug-likeness (QED) is 0.785. The summed E-state index contributed by atoms with van der Waals surface area (Å²) >= 11 is 3.60. The van der Waals surface area contributed by atoms with E-state index in [0.29, 0.717) is 0 Å². The van der Waals surface area contributed by atoms with Crippen molar-refractivity contribution in [2.75, 3.05) is 6.61 Å². The van der Waals surface area contributed by atoms with Gasteiger partial charge in [0.25, 0.3) is 0 Å². The van der Waals surface area contributed by atoms with Crippen LogP contribution >= 0.6 is 15.9 Å². The van der Waals surface area contributed by atoms with Crippen molar-refractivity contribution in [1.29, 1.82) is 0 Å². The molecule has 0 fully saturated rings. The Hall–Kier alpha value is -0.540. The number of fused-ring (bicyclic) bond motifs is 1. The van der Waals surface area contributed by atoms with Gasteiger partial charge in [-0.05, 0) is 43.9 Å². The third kappa shape index (κ3) is 1.91. The van der Waals surface area contributed by atoms with Gasteiger partial charge in [-0.3, -0.25) is 0 Å². The van der Waals surface area contributed by atoms with E-state index in [1.165, 1.54) is 16.7 Å². The Kier molecular flexibility index (Phi) is 3.03. The lowest BCUT2D eigenvalue weighted by atomic mass is 9.96. The Morgan fingerprint density at radius 1 is 1.47 bits per heavy atom. The normalized spacial score (nSPS) is 20.4. The van der Waals surface area contributed by atoms with Gasteiger partial charge >= 0.3 is 0 Å². The van der Waals surface area contributed by atoms with Gasteiger partial charge in [0, 0.05) is 16.1 Å². The molecular weight excluding hydrogens is 254 g/mol. The maximum absolute atomic E-state index is 6.17. The van der Waals surface area contributed by atoms with Gasteiger partial charge in [-0.15, -0.1) is 0 Å². The molecule has 0 saturated carbocycles. The molecule has 1 aromatic rings. The molecular formula is C12H16BrNO. The molecule has 0 spiro atoms. The van der Waals surface area contributed by atoms with E-state index in [1.54, 1.807) is 0 Å². The second-order valence-corrected chi connectivity index (χ2v) is 4.93. The van der Waals surface area contributed by atoms with Crippen molar-refractivity contribution in [3.63, 3.8) is 0 Å². The number of nitrogens with two attached hydrogens (primary N) is 1. The average Bonchev–Trinajstić information content (AvgIpc) is 2.37. The maximum atomic E-state index is 6.17. The smallest absolute Gasteiger partial charge is 0.124 e. The van der Waals surface area contributed by atoms with Crippen LogP contribution in [0.1, 0.15) is 35.6 Å². The van der Waals surface area contributed by atoms with Crippen molar-refractivity contribution in [3.05, 3.63) is 27.2 Å². The first kappa shape index (κ1) is 11.0. The first-order valence-electron chi connectivity index (χ1n) is 5.29. The molecule has 15 heavy (non-hydrogen) atoms. The molecule has 0 aromatic heterocycles. The highest BCUT2D eigenvalue weighted by molar-refractivity contribution is 9.10. The summed E-state index contributed by atoms with van der Waals surface area (Å²) < 4.78 is 6.89. The zero-order chi connectivity index (χ0) is 11.0. The second kappa shape index (κ2) is 4.14. The number of halogens is 1. The molecule has 0 amide bonds. The van der Waals surface area contributed by atoms with E-state index in [2.05, 4.69) is 35.8 Å². The van der Waals surface area contributed by atoms with Crippen molar-refractivity contribution in [1.82, 2.24) is 0 Å². The molecule has 1 aromatic carbocycles. The maximum Gasteiger partial charge on any atom is 0.124 e. The lowest BCUT2D eigenvalue weighted by Crippen LogP contribution is -2.11. The zero-order valence-corrected chi connectivity index (χ0v) is 10.7. The highest BCUT2D eigenvalue weighted by Crippen LogP contribution is 2.38. The highest BCUT2D eigenvalue weighted by atomic mass is 79.9. The topological polar surface area (TPSA) is 35.2 Å². The van der Waals surface area contributed by atoms with E-state index in [-0.39, 0.29) is 6.04 Å². The molecule has 1 heterocycles. The van der Waals surface area contributed by atoms with Gasteiger partial charge < -0.3 is 10.5 Å². The summed E-state index contributed by atoms with van der Waals surface area (Å²) in [6.45, 7) is 4.96. The van der Waals surface area contributed by atoms with Gasteiger partial charge in [-0.1, -0.05) is 15.9 Å². The van der Waals surface area contributed by atoms with Crippen molar-refractivity contribution >= 4 is 15.9 Å². The predicted octanol–water partition coefficient (Wildman–Crippen LogP) is 3.24. The van der Waals surface area contributed by atoms with Crippen LogP contribution in [0.3, 0.4) is 0 Å². The van der Waals surface area contributed by atoms with Gasteiger partial charge in [0.2, 0.25) is 0 Å². The molecule has 82 valence electrons. The highest BCUT2D eigenvalue weighted by Gasteiger charge is 2.20. The lowest BCUT2D eigenvalue weighted by Gasteiger charge is -2.17. The van der Waals surface area contributed by atoms with E-state index in [1.807, 2.05) is 0 Å². The Labute approximate surface area is 98.9 Å². The molecule has 0 saturated heterocycles. The molecule has 0 unspecified atom stereocenters. The van der Waals surface area contributed by atoms with E-state index < -0.39 is 0 Å². The predicted molar refractivity (Wildman–Crippen MR) is 65.3 cm³/mol. The molecule has 1 aliphatic heterocycles. The van der Waals surface area contributed by atoms with Crippen LogP contribution in [0.4, 0.5) is 0 Å². The average molecular weight is 270 g/mol. The van der Waals surface area contributed by atoms with E-state index in [0.717, 1.165) is 29.7 Å². The SMILES string of the molecule is Cc1cc2c(c(C)c1Br)[C@H](N)CCCO2. The fourth-order valence-corrected chi connectivity index (χ4v) is 2.47. The third-order valence-electron chi connectivity index (χ3n) is 2.98.